The average molecular weight is 469 g/mol. The third-order valence-electron chi connectivity index (χ3n) is 3.98. The summed E-state index contributed by atoms with van der Waals surface area (Å²) < 4.78 is 27.5. The number of thioether (sulfide) groups is 1. The van der Waals surface area contributed by atoms with Crippen molar-refractivity contribution in [2.75, 3.05) is 18.4 Å². The van der Waals surface area contributed by atoms with Crippen LogP contribution in [0.1, 0.15) is 29.1 Å². The predicted molar refractivity (Wildman–Crippen MR) is 118 cm³/mol. The number of nitrogens with one attached hydrogen (secondary N) is 1. The Labute approximate surface area is 182 Å². The van der Waals surface area contributed by atoms with E-state index in [2.05, 4.69) is 21.6 Å². The Balaban J connectivity index is 1.68. The zero-order valence-electron chi connectivity index (χ0n) is 15.9. The molecule has 29 heavy (non-hydrogen) atoms. The first-order chi connectivity index (χ1) is 13.9. The van der Waals surface area contributed by atoms with Gasteiger partial charge in [0.2, 0.25) is 15.2 Å². The number of nitrogens with zero attached hydrogens (tertiary/aromatic N) is 3. The Morgan fingerprint density at radius 2 is 1.97 bits per heavy atom. The maximum absolute atomic E-state index is 12.7. The molecule has 0 aliphatic rings. The molecule has 0 saturated carbocycles. The van der Waals surface area contributed by atoms with Crippen LogP contribution in [0.2, 0.25) is 0 Å². The molecule has 0 bridgehead atoms. The van der Waals surface area contributed by atoms with Gasteiger partial charge >= 0.3 is 0 Å². The summed E-state index contributed by atoms with van der Waals surface area (Å²) in [5.74, 6) is 0.374. The highest BCUT2D eigenvalue weighted by atomic mass is 32.2. The van der Waals surface area contributed by atoms with Crippen molar-refractivity contribution in [3.8, 4) is 0 Å². The molecule has 0 aliphatic carbocycles. The summed E-state index contributed by atoms with van der Waals surface area (Å²) in [6.45, 7) is 4.29. The van der Waals surface area contributed by atoms with Gasteiger partial charge in [0.15, 0.2) is 4.34 Å². The highest BCUT2D eigenvalue weighted by Crippen LogP contribution is 2.29. The first-order valence-corrected chi connectivity index (χ1v) is 13.0. The zero-order chi connectivity index (χ0) is 20.9. The molecular weight excluding hydrogens is 448 g/mol. The summed E-state index contributed by atoms with van der Waals surface area (Å²) in [7, 11) is -3.63. The number of carbonyl (C=O) groups excluding carboxylic acids is 1. The molecule has 11 heteroatoms. The number of anilines is 1. The number of aromatic nitrogens is 2. The van der Waals surface area contributed by atoms with Crippen molar-refractivity contribution in [2.24, 2.45) is 0 Å². The van der Waals surface area contributed by atoms with Crippen molar-refractivity contribution in [1.29, 1.82) is 0 Å². The monoisotopic (exact) mass is 468 g/mol. The van der Waals surface area contributed by atoms with Crippen molar-refractivity contribution in [3.63, 3.8) is 0 Å². The average Bonchev–Trinajstić information content (AvgIpc) is 3.39. The van der Waals surface area contributed by atoms with E-state index in [9.17, 15) is 13.2 Å². The van der Waals surface area contributed by atoms with E-state index in [4.69, 9.17) is 0 Å². The Bertz CT molecular complexity index is 1060. The second-order valence-electron chi connectivity index (χ2n) is 5.81. The largest absolute Gasteiger partial charge is 0.296 e. The van der Waals surface area contributed by atoms with Gasteiger partial charge in [-0.25, -0.2) is 8.42 Å². The van der Waals surface area contributed by atoms with Crippen LogP contribution in [0, 0.1) is 0 Å². The highest BCUT2D eigenvalue weighted by Gasteiger charge is 2.22. The van der Waals surface area contributed by atoms with Crippen molar-refractivity contribution in [3.05, 3.63) is 52.2 Å². The third kappa shape index (κ3) is 5.43. The van der Waals surface area contributed by atoms with Gasteiger partial charge in [0, 0.05) is 29.3 Å². The molecule has 1 amide bonds. The van der Waals surface area contributed by atoms with Gasteiger partial charge in [0.25, 0.3) is 5.91 Å². The molecule has 2 heterocycles. The molecule has 1 N–H and O–H groups in total. The minimum Gasteiger partial charge on any atom is -0.296 e. The van der Waals surface area contributed by atoms with Gasteiger partial charge in [0.05, 0.1) is 4.90 Å². The maximum atomic E-state index is 12.7. The highest BCUT2D eigenvalue weighted by molar-refractivity contribution is 8.00. The lowest BCUT2D eigenvalue weighted by Gasteiger charge is -2.18. The van der Waals surface area contributed by atoms with Crippen LogP contribution < -0.4 is 5.32 Å². The lowest BCUT2D eigenvalue weighted by atomic mass is 10.2. The van der Waals surface area contributed by atoms with Gasteiger partial charge in [-0.3, -0.25) is 10.1 Å². The van der Waals surface area contributed by atoms with Crippen LogP contribution >= 0.6 is 34.4 Å². The van der Waals surface area contributed by atoms with E-state index in [0.29, 0.717) is 18.2 Å². The number of hydrogen-bond acceptors (Lipinski definition) is 8. The van der Waals surface area contributed by atoms with Crippen LogP contribution in [0.25, 0.3) is 0 Å². The smallest absolute Gasteiger partial charge is 0.257 e. The summed E-state index contributed by atoms with van der Waals surface area (Å²) in [4.78, 5) is 13.9. The number of thiophene rings is 1. The molecule has 0 atom stereocenters. The van der Waals surface area contributed by atoms with E-state index in [0.717, 1.165) is 10.1 Å². The minimum atomic E-state index is -3.63. The zero-order valence-corrected chi connectivity index (χ0v) is 19.1. The number of carbonyl (C=O) groups is 1. The second kappa shape index (κ2) is 9.81. The molecule has 3 rings (SSSR count). The maximum Gasteiger partial charge on any atom is 0.257 e. The molecule has 0 radical (unpaired) electrons. The van der Waals surface area contributed by atoms with Gasteiger partial charge in [-0.2, -0.15) is 4.31 Å². The fourth-order valence-electron chi connectivity index (χ4n) is 2.53. The quantitative estimate of drug-likeness (QED) is 0.374. The van der Waals surface area contributed by atoms with Crippen molar-refractivity contribution in [1.82, 2.24) is 14.5 Å². The fraction of sp³-hybridized carbons (Fsp3) is 0.278. The van der Waals surface area contributed by atoms with Crippen molar-refractivity contribution >= 4 is 55.5 Å². The van der Waals surface area contributed by atoms with E-state index in [1.165, 1.54) is 32.7 Å². The summed E-state index contributed by atoms with van der Waals surface area (Å²) in [6, 6.07) is 10.1. The molecule has 0 spiro atoms. The van der Waals surface area contributed by atoms with E-state index < -0.39 is 15.9 Å². The topological polar surface area (TPSA) is 92.3 Å². The minimum absolute atomic E-state index is 0.0957. The van der Waals surface area contributed by atoms with Gasteiger partial charge in [0.1, 0.15) is 0 Å². The van der Waals surface area contributed by atoms with Crippen molar-refractivity contribution < 1.29 is 13.2 Å². The van der Waals surface area contributed by atoms with E-state index in [1.54, 1.807) is 49.1 Å². The summed E-state index contributed by atoms with van der Waals surface area (Å²) in [5, 5.41) is 13.2. The molecule has 0 unspecified atom stereocenters. The molecule has 154 valence electrons. The second-order valence-corrected chi connectivity index (χ2v) is 11.0. The number of benzene rings is 1. The fourth-order valence-corrected chi connectivity index (χ4v) is 6.55. The Morgan fingerprint density at radius 3 is 2.66 bits per heavy atom. The van der Waals surface area contributed by atoms with Crippen LogP contribution in [-0.4, -0.2) is 41.9 Å². The lowest BCUT2D eigenvalue weighted by Crippen LogP contribution is -2.30. The van der Waals surface area contributed by atoms with E-state index >= 15 is 0 Å². The summed E-state index contributed by atoms with van der Waals surface area (Å²) >= 11 is 4.52. The molecule has 1 aromatic carbocycles. The Morgan fingerprint density at radius 1 is 1.17 bits per heavy atom. The summed E-state index contributed by atoms with van der Waals surface area (Å²) in [5.41, 5.74) is 0.251. The van der Waals surface area contributed by atoms with Gasteiger partial charge in [-0.15, -0.1) is 21.5 Å². The number of rotatable bonds is 9. The number of hydrogen-bond donors (Lipinski definition) is 1. The molecular formula is C18H20N4O3S4. The molecule has 0 aliphatic heterocycles. The first-order valence-electron chi connectivity index (χ1n) is 8.84. The normalized spacial score (nSPS) is 11.7. The van der Waals surface area contributed by atoms with Gasteiger partial charge in [-0.1, -0.05) is 49.1 Å². The SMILES string of the molecule is CCN(CC)S(=O)(=O)c1cccc(C(=O)Nc2nnc(SCc3cccs3)s2)c1. The van der Waals surface area contributed by atoms with Gasteiger partial charge in [-0.05, 0) is 29.6 Å². The molecule has 0 saturated heterocycles. The van der Waals surface area contributed by atoms with Crippen LogP contribution in [-0.2, 0) is 15.8 Å². The molecule has 3 aromatic rings. The van der Waals surface area contributed by atoms with Crippen LogP contribution in [0.4, 0.5) is 5.13 Å². The third-order valence-corrected chi connectivity index (χ3v) is 9.11. The summed E-state index contributed by atoms with van der Waals surface area (Å²) in [6.07, 6.45) is 0. The molecule has 2 aromatic heterocycles. The predicted octanol–water partition coefficient (Wildman–Crippen LogP) is 4.17. The molecule has 7 nitrogen and oxygen atoms in total. The van der Waals surface area contributed by atoms with Crippen LogP contribution in [0.15, 0.2) is 51.0 Å². The van der Waals surface area contributed by atoms with Gasteiger partial charge < -0.3 is 0 Å². The Kier molecular flexibility index (Phi) is 7.41. The molecule has 0 fully saturated rings. The Hall–Kier alpha value is -1.79. The first kappa shape index (κ1) is 21.9. The van der Waals surface area contributed by atoms with Crippen LogP contribution in [0.3, 0.4) is 0 Å². The van der Waals surface area contributed by atoms with E-state index in [1.807, 2.05) is 11.4 Å². The number of amides is 1. The van der Waals surface area contributed by atoms with Crippen LogP contribution in [0.5, 0.6) is 0 Å². The van der Waals surface area contributed by atoms with E-state index in [-0.39, 0.29) is 10.5 Å². The lowest BCUT2D eigenvalue weighted by molar-refractivity contribution is 0.102. The number of sulfonamides is 1. The standard InChI is InChI=1S/C18H20N4O3S4/c1-3-22(4-2)29(24,25)15-9-5-7-13(11-15)16(23)19-17-20-21-18(28-17)27-12-14-8-6-10-26-14/h5-11H,3-4,12H2,1-2H3,(H,19,20,23). The van der Waals surface area contributed by atoms with Crippen molar-refractivity contribution in [2.45, 2.75) is 28.8 Å².